The molecule has 1 unspecified atom stereocenters. The molecule has 5 heteroatoms. The largest absolute Gasteiger partial charge is 0.469 e. The van der Waals surface area contributed by atoms with Crippen LogP contribution in [0.15, 0.2) is 0 Å². The maximum atomic E-state index is 11.7. The Bertz CT molecular complexity index is 671. The van der Waals surface area contributed by atoms with Crippen LogP contribution < -0.4 is 11.1 Å². The lowest BCUT2D eigenvalue weighted by Crippen LogP contribution is -2.59. The highest BCUT2D eigenvalue weighted by Gasteiger charge is 2.62. The van der Waals surface area contributed by atoms with E-state index >= 15 is 0 Å². The van der Waals surface area contributed by atoms with Gasteiger partial charge in [-0.1, -0.05) is 20.8 Å². The smallest absolute Gasteiger partial charge is 0.305 e. The molecule has 0 aromatic heterocycles. The Labute approximate surface area is 195 Å². The number of carbonyl (C=O) groups excluding carboxylic acids is 1. The molecule has 4 aliphatic carbocycles. The third kappa shape index (κ3) is 4.15. The van der Waals surface area contributed by atoms with Gasteiger partial charge in [0.25, 0.3) is 0 Å². The van der Waals surface area contributed by atoms with E-state index in [9.17, 15) is 9.90 Å². The number of esters is 1. The van der Waals surface area contributed by atoms with Gasteiger partial charge in [0.05, 0.1) is 13.2 Å². The molecule has 0 radical (unpaired) electrons. The summed E-state index contributed by atoms with van der Waals surface area (Å²) in [5, 5.41) is 15.2. The lowest BCUT2D eigenvalue weighted by atomic mass is 9.43. The zero-order valence-electron chi connectivity index (χ0n) is 20.9. The Morgan fingerprint density at radius 3 is 2.56 bits per heavy atom. The lowest BCUT2D eigenvalue weighted by Gasteiger charge is -2.62. The average molecular weight is 449 g/mol. The van der Waals surface area contributed by atoms with Crippen molar-refractivity contribution >= 4 is 5.97 Å². The monoisotopic (exact) mass is 448 g/mol. The fourth-order valence-corrected chi connectivity index (χ4v) is 9.32. The summed E-state index contributed by atoms with van der Waals surface area (Å²) in [5.41, 5.74) is 6.40. The van der Waals surface area contributed by atoms with Crippen molar-refractivity contribution in [1.29, 1.82) is 0 Å². The molecule has 0 saturated heterocycles. The molecule has 10 atom stereocenters. The van der Waals surface area contributed by atoms with Crippen LogP contribution in [0.3, 0.4) is 0 Å². The number of ether oxygens (including phenoxy) is 1. The summed E-state index contributed by atoms with van der Waals surface area (Å²) in [7, 11) is 1.49. The molecule has 0 amide bonds. The second kappa shape index (κ2) is 9.54. The average Bonchev–Trinajstić information content (AvgIpc) is 3.13. The highest BCUT2D eigenvalue weighted by atomic mass is 16.5. The van der Waals surface area contributed by atoms with Gasteiger partial charge in [-0.05, 0) is 104 Å². The standard InChI is InChI=1S/C27H48N2O3/c1-17(5-8-24(31)32-4)20-6-7-21-25-22(10-12-27(20,21)3)26(2)11-9-19(29-14-13-28)15-18(26)16-23(25)30/h17-23,25,29-30H,5-16,28H2,1-4H3/t17-,18-,19-,20-,21+,22?,23-,25+,26+,27-/m1/s1. The fraction of sp³-hybridized carbons (Fsp3) is 0.963. The van der Waals surface area contributed by atoms with Gasteiger partial charge in [0.15, 0.2) is 0 Å². The van der Waals surface area contributed by atoms with Crippen LogP contribution >= 0.6 is 0 Å². The number of rotatable bonds is 7. The molecule has 4 rings (SSSR count). The highest BCUT2D eigenvalue weighted by molar-refractivity contribution is 5.69. The number of aliphatic hydroxyl groups excluding tert-OH is 1. The minimum atomic E-state index is -0.153. The molecule has 184 valence electrons. The third-order valence-electron chi connectivity index (χ3n) is 11.1. The normalized spacial score (nSPS) is 46.6. The van der Waals surface area contributed by atoms with Gasteiger partial charge >= 0.3 is 5.97 Å². The molecule has 0 aromatic rings. The van der Waals surface area contributed by atoms with E-state index < -0.39 is 0 Å². The van der Waals surface area contributed by atoms with Crippen LogP contribution in [0.2, 0.25) is 0 Å². The topological polar surface area (TPSA) is 84.6 Å². The molecular weight excluding hydrogens is 400 g/mol. The minimum Gasteiger partial charge on any atom is -0.469 e. The van der Waals surface area contributed by atoms with E-state index in [1.165, 1.54) is 52.1 Å². The zero-order valence-corrected chi connectivity index (χ0v) is 20.9. The molecule has 4 saturated carbocycles. The van der Waals surface area contributed by atoms with E-state index in [-0.39, 0.29) is 12.1 Å². The number of fused-ring (bicyclic) bond motifs is 5. The summed E-state index contributed by atoms with van der Waals surface area (Å²) in [4.78, 5) is 11.7. The van der Waals surface area contributed by atoms with Crippen LogP contribution in [0, 0.1) is 46.3 Å². The Morgan fingerprint density at radius 2 is 1.84 bits per heavy atom. The second-order valence-electron chi connectivity index (χ2n) is 12.3. The van der Waals surface area contributed by atoms with Crippen molar-refractivity contribution in [3.8, 4) is 0 Å². The minimum absolute atomic E-state index is 0.0847. The highest BCUT2D eigenvalue weighted by Crippen LogP contribution is 2.68. The summed E-state index contributed by atoms with van der Waals surface area (Å²) >= 11 is 0. The predicted molar refractivity (Wildman–Crippen MR) is 128 cm³/mol. The molecule has 0 bridgehead atoms. The van der Waals surface area contributed by atoms with Gasteiger partial charge in [0.2, 0.25) is 0 Å². The van der Waals surface area contributed by atoms with Gasteiger partial charge < -0.3 is 20.9 Å². The fourth-order valence-electron chi connectivity index (χ4n) is 9.32. The van der Waals surface area contributed by atoms with Crippen molar-refractivity contribution < 1.29 is 14.6 Å². The summed E-state index contributed by atoms with van der Waals surface area (Å²) < 4.78 is 4.89. The number of carbonyl (C=O) groups is 1. The molecule has 0 spiro atoms. The quantitative estimate of drug-likeness (QED) is 0.510. The number of hydrogen-bond acceptors (Lipinski definition) is 5. The Balaban J connectivity index is 1.48. The number of methoxy groups -OCH3 is 1. The van der Waals surface area contributed by atoms with E-state index in [4.69, 9.17) is 10.5 Å². The molecule has 4 aliphatic rings. The Hall–Kier alpha value is -0.650. The van der Waals surface area contributed by atoms with Crippen LogP contribution in [-0.4, -0.2) is 43.4 Å². The van der Waals surface area contributed by atoms with Gasteiger partial charge in [-0.25, -0.2) is 0 Å². The van der Waals surface area contributed by atoms with Crippen LogP contribution in [0.4, 0.5) is 0 Å². The number of hydrogen-bond donors (Lipinski definition) is 3. The van der Waals surface area contributed by atoms with Crippen LogP contribution in [0.25, 0.3) is 0 Å². The maximum absolute atomic E-state index is 11.7. The lowest BCUT2D eigenvalue weighted by molar-refractivity contribution is -0.167. The zero-order chi connectivity index (χ0) is 23.1. The first-order valence-corrected chi connectivity index (χ1v) is 13.4. The SMILES string of the molecule is COC(=O)CC[C@@H](C)[C@H]1CC[C@H]2[C@H]3C(CC[C@]12C)[C@@]1(C)CC[C@@H](NCCN)C[C@@H]1C[C@H]3O. The first-order valence-electron chi connectivity index (χ1n) is 13.4. The molecule has 4 fully saturated rings. The van der Waals surface area contributed by atoms with Crippen molar-refractivity contribution in [3.63, 3.8) is 0 Å². The van der Waals surface area contributed by atoms with Gasteiger partial charge in [0, 0.05) is 25.6 Å². The number of aliphatic hydroxyl groups is 1. The third-order valence-corrected chi connectivity index (χ3v) is 11.1. The summed E-state index contributed by atoms with van der Waals surface area (Å²) in [6, 6.07) is 0.570. The molecule has 0 aliphatic heterocycles. The predicted octanol–water partition coefficient (Wildman–Crippen LogP) is 4.12. The summed E-state index contributed by atoms with van der Waals surface area (Å²) in [6.07, 6.45) is 11.1. The first kappa shape index (κ1) is 24.5. The van der Waals surface area contributed by atoms with E-state index in [1.54, 1.807) is 0 Å². The van der Waals surface area contributed by atoms with Crippen LogP contribution in [0.1, 0.15) is 85.0 Å². The second-order valence-corrected chi connectivity index (χ2v) is 12.3. The van der Waals surface area contributed by atoms with Crippen molar-refractivity contribution in [2.45, 2.75) is 97.1 Å². The summed E-state index contributed by atoms with van der Waals surface area (Å²) in [6.45, 7) is 9.03. The van der Waals surface area contributed by atoms with E-state index in [0.29, 0.717) is 65.3 Å². The van der Waals surface area contributed by atoms with E-state index in [2.05, 4.69) is 26.1 Å². The Morgan fingerprint density at radius 1 is 1.12 bits per heavy atom. The molecule has 32 heavy (non-hydrogen) atoms. The van der Waals surface area contributed by atoms with Crippen molar-refractivity contribution in [2.75, 3.05) is 20.2 Å². The number of nitrogens with one attached hydrogen (secondary N) is 1. The van der Waals surface area contributed by atoms with Crippen molar-refractivity contribution in [3.05, 3.63) is 0 Å². The van der Waals surface area contributed by atoms with Gasteiger partial charge in [0.1, 0.15) is 0 Å². The summed E-state index contributed by atoms with van der Waals surface area (Å²) in [5.74, 6) is 3.49. The van der Waals surface area contributed by atoms with Gasteiger partial charge in [-0.2, -0.15) is 0 Å². The molecule has 5 nitrogen and oxygen atoms in total. The van der Waals surface area contributed by atoms with Gasteiger partial charge in [-0.15, -0.1) is 0 Å². The first-order chi connectivity index (χ1) is 15.2. The maximum Gasteiger partial charge on any atom is 0.305 e. The van der Waals surface area contributed by atoms with Crippen LogP contribution in [-0.2, 0) is 9.53 Å². The molecule has 0 aromatic carbocycles. The van der Waals surface area contributed by atoms with Crippen molar-refractivity contribution in [2.24, 2.45) is 52.1 Å². The molecule has 4 N–H and O–H groups in total. The van der Waals surface area contributed by atoms with Gasteiger partial charge in [-0.3, -0.25) is 4.79 Å². The van der Waals surface area contributed by atoms with E-state index in [1.807, 2.05) is 0 Å². The van der Waals surface area contributed by atoms with Crippen LogP contribution in [0.5, 0.6) is 0 Å². The molecule has 0 heterocycles. The molecular formula is C27H48N2O3. The van der Waals surface area contributed by atoms with Crippen molar-refractivity contribution in [1.82, 2.24) is 5.32 Å². The number of nitrogens with two attached hydrogens (primary N) is 1. The van der Waals surface area contributed by atoms with E-state index in [0.717, 1.165) is 19.4 Å². The Kier molecular flexibility index (Phi) is 7.30.